The first kappa shape index (κ1) is 63.7. The van der Waals surface area contributed by atoms with E-state index in [-0.39, 0.29) is 26.8 Å². The molecule has 0 aliphatic rings. The molecular weight excluding hydrogens is 1090 g/mol. The molecule has 0 spiro atoms. The monoisotopic (exact) mass is 1140 g/mol. The Kier molecular flexibility index (Phi) is 27.9. The minimum absolute atomic E-state index is 0.168. The van der Waals surface area contributed by atoms with E-state index in [0.29, 0.717) is 45.5 Å². The van der Waals surface area contributed by atoms with Crippen molar-refractivity contribution in [3.63, 3.8) is 0 Å². The largest absolute Gasteiger partial charge is 0.491 e. The SMILES string of the molecule is C=CCC.COc1cc(-c2ccc(C)cc2)n[nH]c1=O.COc1cc(-c2ccc(C)cc2)nnc1OC.COc1cc(Cl)nnc1OC.Cc1ccc(-c2cc(=O)c(=O)[nH][nH]2)cc1.Cc1nn[nH]n1.Clc1cc(Cl)c(Cl)nn1. The van der Waals surface area contributed by atoms with Crippen LogP contribution < -0.4 is 40.2 Å². The van der Waals surface area contributed by atoms with Crippen molar-refractivity contribution in [2.75, 3.05) is 35.5 Å². The molecule has 0 saturated heterocycles. The van der Waals surface area contributed by atoms with Gasteiger partial charge in [0.05, 0.1) is 57.7 Å². The summed E-state index contributed by atoms with van der Waals surface area (Å²) in [5.41, 5.74) is 6.93. The Morgan fingerprint density at radius 1 is 0.513 bits per heavy atom. The third kappa shape index (κ3) is 22.0. The highest BCUT2D eigenvalue weighted by atomic mass is 35.5. The molecule has 0 fully saturated rings. The topological polar surface area (TPSA) is 289 Å². The number of methoxy groups -OCH3 is 5. The van der Waals surface area contributed by atoms with Crippen LogP contribution in [0.3, 0.4) is 0 Å². The summed E-state index contributed by atoms with van der Waals surface area (Å²) in [7, 11) is 7.58. The van der Waals surface area contributed by atoms with Gasteiger partial charge >= 0.3 is 11.1 Å². The van der Waals surface area contributed by atoms with Crippen molar-refractivity contribution in [2.24, 2.45) is 0 Å². The van der Waals surface area contributed by atoms with Gasteiger partial charge in [0, 0.05) is 35.4 Å². The van der Waals surface area contributed by atoms with Gasteiger partial charge in [-0.2, -0.15) is 10.3 Å². The highest BCUT2D eigenvalue weighted by molar-refractivity contribution is 6.42. The first-order valence-electron chi connectivity index (χ1n) is 22.8. The van der Waals surface area contributed by atoms with E-state index in [2.05, 4.69) is 85.1 Å². The highest BCUT2D eigenvalue weighted by Gasteiger charge is 2.10. The smallest absolute Gasteiger partial charge is 0.310 e. The first-order chi connectivity index (χ1) is 37.4. The number of nitrogens with one attached hydrogen (secondary N) is 4. The summed E-state index contributed by atoms with van der Waals surface area (Å²) in [4.78, 5) is 33.2. The molecule has 4 N–H and O–H groups in total. The molecule has 78 heavy (non-hydrogen) atoms. The lowest BCUT2D eigenvalue weighted by atomic mass is 10.1. The van der Waals surface area contributed by atoms with E-state index in [4.69, 9.17) is 70.1 Å². The second kappa shape index (κ2) is 34.2. The van der Waals surface area contributed by atoms with Crippen molar-refractivity contribution in [3.8, 4) is 62.8 Å². The van der Waals surface area contributed by atoms with Crippen LogP contribution in [0.1, 0.15) is 35.9 Å². The molecule has 6 heterocycles. The van der Waals surface area contributed by atoms with Gasteiger partial charge in [0.1, 0.15) is 0 Å². The summed E-state index contributed by atoms with van der Waals surface area (Å²) in [6.45, 7) is 13.4. The predicted octanol–water partition coefficient (Wildman–Crippen LogP) is 9.94. The van der Waals surface area contributed by atoms with Crippen LogP contribution in [0.4, 0.5) is 0 Å². The summed E-state index contributed by atoms with van der Waals surface area (Å²) in [5.74, 6) is 2.73. The zero-order chi connectivity index (χ0) is 57.6. The van der Waals surface area contributed by atoms with Crippen LogP contribution in [0.5, 0.6) is 29.0 Å². The maximum atomic E-state index is 11.2. The quantitative estimate of drug-likeness (QED) is 0.0772. The molecule has 26 heteroatoms. The van der Waals surface area contributed by atoms with Crippen LogP contribution in [-0.2, 0) is 0 Å². The lowest BCUT2D eigenvalue weighted by molar-refractivity contribution is 0.338. The third-order valence-corrected chi connectivity index (χ3v) is 10.6. The van der Waals surface area contributed by atoms with Crippen LogP contribution in [0, 0.1) is 27.7 Å². The van der Waals surface area contributed by atoms with Crippen molar-refractivity contribution >= 4 is 46.4 Å². The van der Waals surface area contributed by atoms with Crippen LogP contribution in [0.2, 0.25) is 20.5 Å². The second-order valence-corrected chi connectivity index (χ2v) is 16.8. The van der Waals surface area contributed by atoms with Gasteiger partial charge in [0.15, 0.2) is 38.5 Å². The van der Waals surface area contributed by atoms with Gasteiger partial charge in [-0.25, -0.2) is 5.10 Å². The Morgan fingerprint density at radius 2 is 0.987 bits per heavy atom. The number of H-pyrrole nitrogens is 4. The molecule has 0 aliphatic carbocycles. The molecule has 410 valence electrons. The van der Waals surface area contributed by atoms with Gasteiger partial charge in [0.25, 0.3) is 11.8 Å². The lowest BCUT2D eigenvalue weighted by Crippen LogP contribution is -2.26. The number of ether oxygens (including phenoxy) is 5. The molecule has 0 amide bonds. The number of aromatic nitrogens is 14. The normalized spacial score (nSPS) is 9.67. The van der Waals surface area contributed by atoms with E-state index < -0.39 is 11.0 Å². The summed E-state index contributed by atoms with van der Waals surface area (Å²) >= 11 is 21.9. The van der Waals surface area contributed by atoms with E-state index in [1.165, 1.54) is 57.8 Å². The Morgan fingerprint density at radius 3 is 1.42 bits per heavy atom. The lowest BCUT2D eigenvalue weighted by Gasteiger charge is -2.07. The summed E-state index contributed by atoms with van der Waals surface area (Å²) in [6.07, 6.45) is 2.96. The van der Waals surface area contributed by atoms with E-state index in [0.717, 1.165) is 34.4 Å². The molecule has 0 saturated carbocycles. The van der Waals surface area contributed by atoms with Crippen LogP contribution in [-0.4, -0.2) is 107 Å². The fraction of sp³-hybridized carbons (Fsp3) is 0.212. The number of halogens is 4. The molecule has 3 aromatic carbocycles. The standard InChI is InChI=1S/C13H14N2O2.C12H12N2O2.C11H10N2O2.C6H7ClN2O2.C4HCl3N2.C4H8.C2H4N4/c1-9-4-6-10(7-5-9)11-8-12(16-2)13(17-3)15-14-11;1-8-3-5-9(6-4-8)10-7-11(16-2)12(15)14-13-10;1-7-2-4-8(5-3-7)9-6-10(14)11(15)13-12-9;1-10-4-3-5(7)8-9-6(4)11-2;5-2-1-3(6)8-9-4(2)7;1-3-4-2;1-2-3-5-6-4-2/h4-8H,1-3H3;3-7H,1-2H3,(H,14,15);2-6H,1H3,(H,12,14)(H,13,15);3H,1-2H3;1H;3H,1,4H2,2H3;1H3,(H,3,4,5,6). The number of tetrazole rings is 1. The van der Waals surface area contributed by atoms with Crippen LogP contribution >= 0.6 is 46.4 Å². The van der Waals surface area contributed by atoms with Gasteiger partial charge in [-0.05, 0) is 45.7 Å². The number of hydrogen-bond acceptors (Lipinski definition) is 18. The minimum atomic E-state index is -0.633. The zero-order valence-electron chi connectivity index (χ0n) is 44.1. The third-order valence-electron chi connectivity index (χ3n) is 9.52. The number of aromatic amines is 4. The fourth-order valence-electron chi connectivity index (χ4n) is 5.41. The van der Waals surface area contributed by atoms with Crippen molar-refractivity contribution in [1.29, 1.82) is 0 Å². The molecule has 0 atom stereocenters. The fourth-order valence-corrected chi connectivity index (χ4v) is 5.98. The summed E-state index contributed by atoms with van der Waals surface area (Å²) in [6, 6.07) is 31.3. The molecule has 22 nitrogen and oxygen atoms in total. The number of nitrogens with zero attached hydrogens (tertiary/aromatic N) is 10. The average Bonchev–Trinajstić information content (AvgIpc) is 3.95. The van der Waals surface area contributed by atoms with Gasteiger partial charge in [-0.1, -0.05) is 154 Å². The van der Waals surface area contributed by atoms with Crippen molar-refractivity contribution < 1.29 is 23.7 Å². The van der Waals surface area contributed by atoms with E-state index in [9.17, 15) is 14.4 Å². The number of allylic oxidation sites excluding steroid dienone is 1. The molecule has 9 rings (SSSR count). The Hall–Kier alpha value is -8.57. The molecule has 9 aromatic rings. The van der Waals surface area contributed by atoms with Gasteiger partial charge < -0.3 is 23.7 Å². The molecule has 0 radical (unpaired) electrons. The molecule has 0 aliphatic heterocycles. The Bertz CT molecular complexity index is 3410. The highest BCUT2D eigenvalue weighted by Crippen LogP contribution is 2.28. The molecular formula is C52H56Cl4N14O8. The van der Waals surface area contributed by atoms with Crippen LogP contribution in [0.15, 0.2) is 130 Å². The second-order valence-electron chi connectivity index (χ2n) is 15.3. The number of hydrogen-bond donors (Lipinski definition) is 4. The van der Waals surface area contributed by atoms with E-state index >= 15 is 0 Å². The first-order valence-corrected chi connectivity index (χ1v) is 24.3. The number of aryl methyl sites for hydroxylation is 4. The van der Waals surface area contributed by atoms with E-state index in [1.54, 1.807) is 20.1 Å². The Balaban J connectivity index is 0.000000248. The van der Waals surface area contributed by atoms with Crippen molar-refractivity contribution in [3.05, 3.63) is 190 Å². The molecule has 6 aromatic heterocycles. The Labute approximate surface area is 468 Å². The summed E-state index contributed by atoms with van der Waals surface area (Å²) < 4.78 is 24.9. The molecule has 0 bridgehead atoms. The van der Waals surface area contributed by atoms with Gasteiger partial charge in [0.2, 0.25) is 5.43 Å². The maximum Gasteiger partial charge on any atom is 0.310 e. The molecule has 0 unspecified atom stereocenters. The predicted molar refractivity (Wildman–Crippen MR) is 301 cm³/mol. The average molecular weight is 1150 g/mol. The maximum absolute atomic E-state index is 11.2. The van der Waals surface area contributed by atoms with Crippen LogP contribution in [0.25, 0.3) is 33.8 Å². The number of benzene rings is 3. The van der Waals surface area contributed by atoms with Crippen molar-refractivity contribution in [1.82, 2.24) is 71.6 Å². The van der Waals surface area contributed by atoms with Gasteiger partial charge in [-0.15, -0.1) is 47.4 Å². The minimum Gasteiger partial charge on any atom is -0.491 e. The summed E-state index contributed by atoms with van der Waals surface area (Å²) in [5, 5.41) is 47.2. The van der Waals surface area contributed by atoms with E-state index in [1.807, 2.05) is 106 Å². The number of rotatable bonds is 9. The van der Waals surface area contributed by atoms with Crippen molar-refractivity contribution in [2.45, 2.75) is 41.0 Å². The zero-order valence-corrected chi connectivity index (χ0v) is 47.1. The van der Waals surface area contributed by atoms with Gasteiger partial charge in [-0.3, -0.25) is 24.6 Å².